The minimum absolute atomic E-state index is 0.0531. The molecule has 6 nitrogen and oxygen atoms in total. The summed E-state index contributed by atoms with van der Waals surface area (Å²) in [5, 5.41) is 2.90. The molecule has 0 aromatic heterocycles. The monoisotopic (exact) mass is 396 g/mol. The Hall–Kier alpha value is -3.02. The van der Waals surface area contributed by atoms with Gasteiger partial charge >= 0.3 is 0 Å². The number of benzene rings is 2. The van der Waals surface area contributed by atoms with Crippen LogP contribution in [-0.4, -0.2) is 43.0 Å². The Kier molecular flexibility index (Phi) is 6.75. The predicted octanol–water partition coefficient (Wildman–Crippen LogP) is 3.71. The maximum absolute atomic E-state index is 12.7. The molecule has 29 heavy (non-hydrogen) atoms. The van der Waals surface area contributed by atoms with Gasteiger partial charge in [0, 0.05) is 12.2 Å². The predicted molar refractivity (Wildman–Crippen MR) is 112 cm³/mol. The molecule has 1 fully saturated rings. The van der Waals surface area contributed by atoms with Gasteiger partial charge in [-0.05, 0) is 68.1 Å². The molecule has 0 bridgehead atoms. The van der Waals surface area contributed by atoms with Crippen molar-refractivity contribution in [3.8, 4) is 11.5 Å². The van der Waals surface area contributed by atoms with E-state index in [0.717, 1.165) is 29.0 Å². The zero-order valence-electron chi connectivity index (χ0n) is 17.2. The van der Waals surface area contributed by atoms with Crippen molar-refractivity contribution in [1.82, 2.24) is 4.90 Å². The Bertz CT molecular complexity index is 864. The lowest BCUT2D eigenvalue weighted by molar-refractivity contribution is -0.137. The molecule has 2 amide bonds. The van der Waals surface area contributed by atoms with Gasteiger partial charge in [-0.2, -0.15) is 0 Å². The number of hydrogen-bond donors (Lipinski definition) is 1. The van der Waals surface area contributed by atoms with E-state index in [1.165, 1.54) is 0 Å². The van der Waals surface area contributed by atoms with E-state index in [0.29, 0.717) is 25.3 Å². The van der Waals surface area contributed by atoms with Gasteiger partial charge in [0.25, 0.3) is 0 Å². The summed E-state index contributed by atoms with van der Waals surface area (Å²) in [6, 6.07) is 12.6. The van der Waals surface area contributed by atoms with Crippen LogP contribution in [0, 0.1) is 13.8 Å². The summed E-state index contributed by atoms with van der Waals surface area (Å²) in [5.74, 6) is 1.32. The van der Waals surface area contributed by atoms with Gasteiger partial charge in [-0.3, -0.25) is 9.59 Å². The van der Waals surface area contributed by atoms with Crippen LogP contribution >= 0.6 is 0 Å². The fourth-order valence-corrected chi connectivity index (χ4v) is 3.51. The molecule has 1 heterocycles. The quantitative estimate of drug-likeness (QED) is 0.775. The number of nitrogens with zero attached hydrogens (tertiary/aromatic N) is 1. The van der Waals surface area contributed by atoms with Crippen molar-refractivity contribution < 1.29 is 19.1 Å². The van der Waals surface area contributed by atoms with Crippen molar-refractivity contribution in [2.45, 2.75) is 39.2 Å². The van der Waals surface area contributed by atoms with E-state index in [2.05, 4.69) is 5.32 Å². The van der Waals surface area contributed by atoms with Gasteiger partial charge in [-0.15, -0.1) is 0 Å². The standard InChI is InChI=1S/C23H28N2O4/c1-16-6-4-8-21(17(16)2)29-15-13-22(26)25-14-5-7-20(25)23(27)24-18-9-11-19(28-3)12-10-18/h4,6,8-12,20H,5,7,13-15H2,1-3H3,(H,24,27). The summed E-state index contributed by atoms with van der Waals surface area (Å²) >= 11 is 0. The number of rotatable bonds is 7. The van der Waals surface area contributed by atoms with Gasteiger partial charge in [0.1, 0.15) is 17.5 Å². The molecular formula is C23H28N2O4. The van der Waals surface area contributed by atoms with Crippen molar-refractivity contribution in [2.24, 2.45) is 0 Å². The normalized spacial score (nSPS) is 15.8. The van der Waals surface area contributed by atoms with Crippen molar-refractivity contribution in [2.75, 3.05) is 25.6 Å². The maximum Gasteiger partial charge on any atom is 0.247 e. The van der Waals surface area contributed by atoms with Crippen LogP contribution in [0.2, 0.25) is 0 Å². The Balaban J connectivity index is 1.54. The molecule has 1 aliphatic heterocycles. The molecule has 0 saturated carbocycles. The number of amides is 2. The zero-order valence-corrected chi connectivity index (χ0v) is 17.2. The molecule has 1 atom stereocenters. The van der Waals surface area contributed by atoms with Crippen molar-refractivity contribution in [1.29, 1.82) is 0 Å². The number of carbonyl (C=O) groups is 2. The molecule has 154 valence electrons. The molecule has 0 spiro atoms. The fourth-order valence-electron chi connectivity index (χ4n) is 3.51. The van der Waals surface area contributed by atoms with Crippen molar-refractivity contribution in [3.63, 3.8) is 0 Å². The van der Waals surface area contributed by atoms with Gasteiger partial charge in [0.05, 0.1) is 20.1 Å². The number of nitrogens with one attached hydrogen (secondary N) is 1. The topological polar surface area (TPSA) is 67.9 Å². The lowest BCUT2D eigenvalue weighted by Gasteiger charge is -2.24. The van der Waals surface area contributed by atoms with E-state index in [1.807, 2.05) is 32.0 Å². The van der Waals surface area contributed by atoms with Crippen LogP contribution in [0.3, 0.4) is 0 Å². The van der Waals surface area contributed by atoms with Crippen LogP contribution in [0.15, 0.2) is 42.5 Å². The molecule has 1 N–H and O–H groups in total. The second kappa shape index (κ2) is 9.45. The first-order valence-corrected chi connectivity index (χ1v) is 9.93. The van der Waals surface area contributed by atoms with Crippen molar-refractivity contribution in [3.05, 3.63) is 53.6 Å². The molecule has 1 unspecified atom stereocenters. The van der Waals surface area contributed by atoms with E-state index in [1.54, 1.807) is 36.3 Å². The van der Waals surface area contributed by atoms with Crippen LogP contribution in [0.5, 0.6) is 11.5 Å². The Morgan fingerprint density at radius 2 is 1.90 bits per heavy atom. The minimum Gasteiger partial charge on any atom is -0.497 e. The third-order valence-corrected chi connectivity index (χ3v) is 5.36. The molecule has 1 saturated heterocycles. The Morgan fingerprint density at radius 1 is 1.14 bits per heavy atom. The third kappa shape index (κ3) is 5.08. The number of ether oxygens (including phenoxy) is 2. The number of hydrogen-bond acceptors (Lipinski definition) is 4. The first-order valence-electron chi connectivity index (χ1n) is 9.93. The summed E-state index contributed by atoms with van der Waals surface area (Å²) in [5.41, 5.74) is 2.93. The van der Waals surface area contributed by atoms with E-state index < -0.39 is 6.04 Å². The van der Waals surface area contributed by atoms with Crippen LogP contribution in [0.4, 0.5) is 5.69 Å². The van der Waals surface area contributed by atoms with Gasteiger partial charge in [0.15, 0.2) is 0 Å². The second-order valence-electron chi connectivity index (χ2n) is 7.26. The third-order valence-electron chi connectivity index (χ3n) is 5.36. The number of aryl methyl sites for hydroxylation is 1. The molecule has 3 rings (SSSR count). The fraction of sp³-hybridized carbons (Fsp3) is 0.391. The summed E-state index contributed by atoms with van der Waals surface area (Å²) in [6.45, 7) is 4.94. The van der Waals surface area contributed by atoms with Gasteiger partial charge in [-0.25, -0.2) is 0 Å². The highest BCUT2D eigenvalue weighted by Gasteiger charge is 2.33. The lowest BCUT2D eigenvalue weighted by Crippen LogP contribution is -2.43. The Morgan fingerprint density at radius 3 is 2.62 bits per heavy atom. The highest BCUT2D eigenvalue weighted by Crippen LogP contribution is 2.23. The van der Waals surface area contributed by atoms with E-state index in [-0.39, 0.29) is 18.2 Å². The van der Waals surface area contributed by atoms with Crippen LogP contribution in [-0.2, 0) is 9.59 Å². The number of anilines is 1. The molecule has 2 aromatic carbocycles. The SMILES string of the molecule is COc1ccc(NC(=O)C2CCCN2C(=O)CCOc2cccc(C)c2C)cc1. The smallest absolute Gasteiger partial charge is 0.247 e. The maximum atomic E-state index is 12.7. The molecule has 2 aromatic rings. The number of methoxy groups -OCH3 is 1. The molecular weight excluding hydrogens is 368 g/mol. The zero-order chi connectivity index (χ0) is 20.8. The first kappa shape index (κ1) is 20.7. The molecule has 0 aliphatic carbocycles. The Labute approximate surface area is 171 Å². The molecule has 6 heteroatoms. The van der Waals surface area contributed by atoms with E-state index >= 15 is 0 Å². The van der Waals surface area contributed by atoms with Crippen LogP contribution in [0.25, 0.3) is 0 Å². The lowest BCUT2D eigenvalue weighted by atomic mass is 10.1. The second-order valence-corrected chi connectivity index (χ2v) is 7.26. The average Bonchev–Trinajstić information content (AvgIpc) is 3.22. The van der Waals surface area contributed by atoms with Crippen LogP contribution in [0.1, 0.15) is 30.4 Å². The van der Waals surface area contributed by atoms with E-state index in [4.69, 9.17) is 9.47 Å². The summed E-state index contributed by atoms with van der Waals surface area (Å²) in [4.78, 5) is 27.1. The highest BCUT2D eigenvalue weighted by atomic mass is 16.5. The van der Waals surface area contributed by atoms with Gasteiger partial charge in [-0.1, -0.05) is 12.1 Å². The average molecular weight is 396 g/mol. The molecule has 0 radical (unpaired) electrons. The van der Waals surface area contributed by atoms with Crippen LogP contribution < -0.4 is 14.8 Å². The van der Waals surface area contributed by atoms with Crippen molar-refractivity contribution >= 4 is 17.5 Å². The largest absolute Gasteiger partial charge is 0.497 e. The summed E-state index contributed by atoms with van der Waals surface area (Å²) in [6.07, 6.45) is 1.75. The summed E-state index contributed by atoms with van der Waals surface area (Å²) < 4.78 is 10.9. The molecule has 1 aliphatic rings. The highest BCUT2D eigenvalue weighted by molar-refractivity contribution is 5.97. The minimum atomic E-state index is -0.440. The van der Waals surface area contributed by atoms with Gasteiger partial charge in [0.2, 0.25) is 11.8 Å². The summed E-state index contributed by atoms with van der Waals surface area (Å²) in [7, 11) is 1.60. The van der Waals surface area contributed by atoms with Gasteiger partial charge < -0.3 is 19.7 Å². The van der Waals surface area contributed by atoms with E-state index in [9.17, 15) is 9.59 Å². The first-order chi connectivity index (χ1) is 14.0. The number of carbonyl (C=O) groups excluding carboxylic acids is 2. The number of likely N-dealkylation sites (tertiary alicyclic amines) is 1.